The molecule has 1 N–H and O–H groups in total. The Labute approximate surface area is 110 Å². The highest BCUT2D eigenvalue weighted by atomic mass is 35.5. The van der Waals surface area contributed by atoms with Gasteiger partial charge in [-0.25, -0.2) is 0 Å². The normalized spacial score (nSPS) is 17.2. The van der Waals surface area contributed by atoms with Crippen molar-refractivity contribution < 1.29 is 5.11 Å². The zero-order valence-corrected chi connectivity index (χ0v) is 11.1. The number of nitrogens with zero attached hydrogens (tertiary/aromatic N) is 1. The highest BCUT2D eigenvalue weighted by Gasteiger charge is 2.10. The summed E-state index contributed by atoms with van der Waals surface area (Å²) in [6.45, 7) is 3.57. The van der Waals surface area contributed by atoms with Gasteiger partial charge in [0.1, 0.15) is 0 Å². The summed E-state index contributed by atoms with van der Waals surface area (Å²) in [5.41, 5.74) is 2.36. The van der Waals surface area contributed by atoms with E-state index in [1.54, 1.807) is 0 Å². The standard InChI is InChI=1S/C14H21NO.ClH/c16-12-14-8-4-3-7-13(14)11-15-9-5-1-2-6-10-15;/h3-4,7-8,16H,1-2,5-6,9-12H2;1H. The summed E-state index contributed by atoms with van der Waals surface area (Å²) >= 11 is 0. The second kappa shape index (κ2) is 7.70. The third-order valence-corrected chi connectivity index (χ3v) is 3.38. The molecule has 0 bridgehead atoms. The van der Waals surface area contributed by atoms with Crippen LogP contribution in [0.15, 0.2) is 24.3 Å². The number of aliphatic hydroxyl groups is 1. The van der Waals surface area contributed by atoms with E-state index in [9.17, 15) is 5.11 Å². The van der Waals surface area contributed by atoms with Crippen molar-refractivity contribution in [1.82, 2.24) is 4.90 Å². The molecule has 0 aliphatic carbocycles. The molecule has 1 aliphatic rings. The van der Waals surface area contributed by atoms with Crippen LogP contribution in [0.25, 0.3) is 0 Å². The van der Waals surface area contributed by atoms with Gasteiger partial charge in [0.2, 0.25) is 0 Å². The van der Waals surface area contributed by atoms with Crippen LogP contribution in [0.1, 0.15) is 36.8 Å². The van der Waals surface area contributed by atoms with Crippen LogP contribution in [0.3, 0.4) is 0 Å². The lowest BCUT2D eigenvalue weighted by Gasteiger charge is -2.21. The summed E-state index contributed by atoms with van der Waals surface area (Å²) < 4.78 is 0. The Bertz CT molecular complexity index is 322. The first kappa shape index (κ1) is 14.5. The van der Waals surface area contributed by atoms with E-state index in [2.05, 4.69) is 17.0 Å². The first-order valence-corrected chi connectivity index (χ1v) is 6.30. The van der Waals surface area contributed by atoms with Crippen LogP contribution in [0.4, 0.5) is 0 Å². The van der Waals surface area contributed by atoms with E-state index in [4.69, 9.17) is 0 Å². The smallest absolute Gasteiger partial charge is 0.0685 e. The van der Waals surface area contributed by atoms with Crippen LogP contribution >= 0.6 is 12.4 Å². The van der Waals surface area contributed by atoms with E-state index in [0.717, 1.165) is 12.1 Å². The van der Waals surface area contributed by atoms with Crippen molar-refractivity contribution in [2.24, 2.45) is 0 Å². The highest BCUT2D eigenvalue weighted by molar-refractivity contribution is 5.85. The Kier molecular flexibility index (Phi) is 6.56. The average molecular weight is 256 g/mol. The van der Waals surface area contributed by atoms with Gasteiger partial charge < -0.3 is 5.11 Å². The second-order valence-electron chi connectivity index (χ2n) is 4.62. The van der Waals surface area contributed by atoms with Crippen molar-refractivity contribution in [3.8, 4) is 0 Å². The summed E-state index contributed by atoms with van der Waals surface area (Å²) in [6, 6.07) is 8.22. The van der Waals surface area contributed by atoms with Crippen LogP contribution < -0.4 is 0 Å². The monoisotopic (exact) mass is 255 g/mol. The molecular weight excluding hydrogens is 234 g/mol. The number of aliphatic hydroxyl groups excluding tert-OH is 1. The van der Waals surface area contributed by atoms with Crippen molar-refractivity contribution in [2.75, 3.05) is 13.1 Å². The molecule has 0 saturated carbocycles. The number of halogens is 1. The van der Waals surface area contributed by atoms with Gasteiger partial charge in [0.25, 0.3) is 0 Å². The number of likely N-dealkylation sites (tertiary alicyclic amines) is 1. The minimum Gasteiger partial charge on any atom is -0.392 e. The molecule has 1 aromatic rings. The fourth-order valence-electron chi connectivity index (χ4n) is 2.40. The van der Waals surface area contributed by atoms with E-state index in [1.165, 1.54) is 44.3 Å². The molecule has 1 heterocycles. The van der Waals surface area contributed by atoms with Crippen molar-refractivity contribution in [1.29, 1.82) is 0 Å². The fraction of sp³-hybridized carbons (Fsp3) is 0.571. The lowest BCUT2D eigenvalue weighted by molar-refractivity contribution is 0.261. The molecule has 1 saturated heterocycles. The van der Waals surface area contributed by atoms with Gasteiger partial charge in [-0.1, -0.05) is 37.1 Å². The average Bonchev–Trinajstić information content (AvgIpc) is 2.58. The molecule has 0 radical (unpaired) electrons. The fourth-order valence-corrected chi connectivity index (χ4v) is 2.40. The SMILES string of the molecule is Cl.OCc1ccccc1CN1CCCCCC1. The molecule has 1 fully saturated rings. The van der Waals surface area contributed by atoms with Gasteiger partial charge in [-0.2, -0.15) is 0 Å². The molecule has 2 rings (SSSR count). The van der Waals surface area contributed by atoms with Crippen LogP contribution in [0.2, 0.25) is 0 Å². The molecule has 0 unspecified atom stereocenters. The minimum atomic E-state index is 0. The molecule has 0 spiro atoms. The van der Waals surface area contributed by atoms with Crippen molar-refractivity contribution in [3.63, 3.8) is 0 Å². The largest absolute Gasteiger partial charge is 0.392 e. The van der Waals surface area contributed by atoms with Gasteiger partial charge in [-0.05, 0) is 37.1 Å². The lowest BCUT2D eigenvalue weighted by Crippen LogP contribution is -2.24. The van der Waals surface area contributed by atoms with E-state index < -0.39 is 0 Å². The molecule has 0 amide bonds. The molecule has 17 heavy (non-hydrogen) atoms. The van der Waals surface area contributed by atoms with Gasteiger partial charge in [0.15, 0.2) is 0 Å². The Morgan fingerprint density at radius 3 is 2.12 bits per heavy atom. The molecule has 2 nitrogen and oxygen atoms in total. The van der Waals surface area contributed by atoms with Crippen molar-refractivity contribution >= 4 is 12.4 Å². The quantitative estimate of drug-likeness (QED) is 0.898. The van der Waals surface area contributed by atoms with E-state index >= 15 is 0 Å². The first-order valence-electron chi connectivity index (χ1n) is 6.30. The summed E-state index contributed by atoms with van der Waals surface area (Å²) in [6.07, 6.45) is 5.39. The van der Waals surface area contributed by atoms with Crippen molar-refractivity contribution in [3.05, 3.63) is 35.4 Å². The highest BCUT2D eigenvalue weighted by Crippen LogP contribution is 2.15. The van der Waals surface area contributed by atoms with Gasteiger partial charge in [0.05, 0.1) is 6.61 Å². The molecule has 0 aromatic heterocycles. The van der Waals surface area contributed by atoms with Gasteiger partial charge in [-0.3, -0.25) is 4.90 Å². The Morgan fingerprint density at radius 1 is 0.941 bits per heavy atom. The molecule has 1 aromatic carbocycles. The molecular formula is C14H22ClNO. The summed E-state index contributed by atoms with van der Waals surface area (Å²) in [7, 11) is 0. The van der Waals surface area contributed by atoms with E-state index in [-0.39, 0.29) is 19.0 Å². The zero-order valence-electron chi connectivity index (χ0n) is 10.3. The van der Waals surface area contributed by atoms with Crippen LogP contribution in [0, 0.1) is 0 Å². The Hall–Kier alpha value is -0.570. The maximum absolute atomic E-state index is 9.28. The van der Waals surface area contributed by atoms with Crippen LogP contribution in [0.5, 0.6) is 0 Å². The zero-order chi connectivity index (χ0) is 11.2. The summed E-state index contributed by atoms with van der Waals surface area (Å²) in [5.74, 6) is 0. The first-order chi connectivity index (χ1) is 7.90. The maximum atomic E-state index is 9.28. The molecule has 96 valence electrons. The summed E-state index contributed by atoms with van der Waals surface area (Å²) in [5, 5.41) is 9.28. The Morgan fingerprint density at radius 2 is 1.53 bits per heavy atom. The van der Waals surface area contributed by atoms with Gasteiger partial charge >= 0.3 is 0 Å². The van der Waals surface area contributed by atoms with Crippen LogP contribution in [-0.2, 0) is 13.2 Å². The number of benzene rings is 1. The van der Waals surface area contributed by atoms with Gasteiger partial charge in [-0.15, -0.1) is 12.4 Å². The third-order valence-electron chi connectivity index (χ3n) is 3.38. The predicted molar refractivity (Wildman–Crippen MR) is 73.4 cm³/mol. The Balaban J connectivity index is 0.00000144. The van der Waals surface area contributed by atoms with E-state index in [0.29, 0.717) is 0 Å². The topological polar surface area (TPSA) is 23.5 Å². The van der Waals surface area contributed by atoms with Gasteiger partial charge in [0, 0.05) is 6.54 Å². The summed E-state index contributed by atoms with van der Waals surface area (Å²) in [4.78, 5) is 2.52. The van der Waals surface area contributed by atoms with E-state index in [1.807, 2.05) is 12.1 Å². The maximum Gasteiger partial charge on any atom is 0.0685 e. The number of hydrogen-bond acceptors (Lipinski definition) is 2. The molecule has 0 atom stereocenters. The minimum absolute atomic E-state index is 0. The number of rotatable bonds is 3. The van der Waals surface area contributed by atoms with Crippen LogP contribution in [-0.4, -0.2) is 23.1 Å². The second-order valence-corrected chi connectivity index (χ2v) is 4.62. The third kappa shape index (κ3) is 4.30. The van der Waals surface area contributed by atoms with Crippen molar-refractivity contribution in [2.45, 2.75) is 38.8 Å². The lowest BCUT2D eigenvalue weighted by atomic mass is 10.1. The molecule has 3 heteroatoms. The predicted octanol–water partition coefficient (Wildman–Crippen LogP) is 2.98. The number of hydrogen-bond donors (Lipinski definition) is 1. The molecule has 1 aliphatic heterocycles.